The first-order valence-electron chi connectivity index (χ1n) is 16.7. The zero-order chi connectivity index (χ0) is 32.1. The number of fused-ring (bicyclic) bond motifs is 4. The van der Waals surface area contributed by atoms with Crippen LogP contribution < -0.4 is 15.0 Å². The number of benzene rings is 1. The molecule has 1 N–H and O–H groups in total. The molecule has 1 aromatic carbocycles. The van der Waals surface area contributed by atoms with Gasteiger partial charge in [0.1, 0.15) is 29.8 Å². The van der Waals surface area contributed by atoms with E-state index in [2.05, 4.69) is 15.1 Å². The van der Waals surface area contributed by atoms with E-state index >= 15 is 0 Å². The Kier molecular flexibility index (Phi) is 8.36. The molecule has 46 heavy (non-hydrogen) atoms. The SMILES string of the molecule is C[C@@H]1OC[C@]2(Cc3nc(OC[C@@]45CCCN4C[C@H](F)C5)nc(N4CCCOCC4)c3CO2)c2cc(NC(=O)OC(C)(C)C)ccc21. The minimum atomic E-state index is -0.832. The van der Waals surface area contributed by atoms with Gasteiger partial charge in [-0.1, -0.05) is 6.07 Å². The molecule has 3 fully saturated rings. The molecule has 5 aliphatic rings. The second-order valence-electron chi connectivity index (χ2n) is 14.4. The molecule has 7 rings (SSSR count). The van der Waals surface area contributed by atoms with Crippen molar-refractivity contribution in [2.24, 2.45) is 0 Å². The van der Waals surface area contributed by atoms with Crippen LogP contribution >= 0.6 is 0 Å². The molecule has 0 aliphatic carbocycles. The molecule has 1 aromatic heterocycles. The summed E-state index contributed by atoms with van der Waals surface area (Å²) in [5.74, 6) is 0.807. The Morgan fingerprint density at radius 1 is 1.17 bits per heavy atom. The van der Waals surface area contributed by atoms with E-state index in [1.807, 2.05) is 45.9 Å². The number of hydrogen-bond acceptors (Lipinski definition) is 10. The van der Waals surface area contributed by atoms with Crippen molar-refractivity contribution in [1.82, 2.24) is 14.9 Å². The topological polar surface area (TPSA) is 108 Å². The maximum Gasteiger partial charge on any atom is 0.412 e. The van der Waals surface area contributed by atoms with E-state index in [1.165, 1.54) is 0 Å². The summed E-state index contributed by atoms with van der Waals surface area (Å²) in [6, 6.07) is 6.12. The van der Waals surface area contributed by atoms with E-state index < -0.39 is 23.5 Å². The van der Waals surface area contributed by atoms with E-state index in [9.17, 15) is 9.18 Å². The summed E-state index contributed by atoms with van der Waals surface area (Å²) in [4.78, 5) is 27.1. The maximum absolute atomic E-state index is 14.5. The molecule has 0 unspecified atom stereocenters. The molecular formula is C34H46FN5O6. The Labute approximate surface area is 270 Å². The van der Waals surface area contributed by atoms with Gasteiger partial charge in [0.15, 0.2) is 0 Å². The lowest BCUT2D eigenvalue weighted by Crippen LogP contribution is -2.45. The lowest BCUT2D eigenvalue weighted by molar-refractivity contribution is -0.148. The highest BCUT2D eigenvalue weighted by molar-refractivity contribution is 5.85. The van der Waals surface area contributed by atoms with Crippen LogP contribution in [-0.2, 0) is 37.6 Å². The molecule has 6 heterocycles. The first kappa shape index (κ1) is 31.5. The summed E-state index contributed by atoms with van der Waals surface area (Å²) in [5.41, 5.74) is 2.63. The van der Waals surface area contributed by atoms with E-state index in [4.69, 9.17) is 33.7 Å². The Morgan fingerprint density at radius 2 is 2.04 bits per heavy atom. The summed E-state index contributed by atoms with van der Waals surface area (Å²) in [7, 11) is 0. The lowest BCUT2D eigenvalue weighted by Gasteiger charge is -2.44. The van der Waals surface area contributed by atoms with Crippen molar-refractivity contribution in [2.45, 2.75) is 95.4 Å². The number of alkyl halides is 1. The Hall–Kier alpha value is -3.06. The lowest BCUT2D eigenvalue weighted by atomic mass is 9.80. The van der Waals surface area contributed by atoms with Crippen LogP contribution in [0.25, 0.3) is 0 Å². The number of carbonyl (C=O) groups is 1. The number of halogens is 1. The van der Waals surface area contributed by atoms with Crippen molar-refractivity contribution in [3.63, 3.8) is 0 Å². The summed E-state index contributed by atoms with van der Waals surface area (Å²) < 4.78 is 45.2. The number of amides is 1. The van der Waals surface area contributed by atoms with Gasteiger partial charge in [-0.2, -0.15) is 9.97 Å². The van der Waals surface area contributed by atoms with Gasteiger partial charge in [0.25, 0.3) is 0 Å². The highest BCUT2D eigenvalue weighted by Gasteiger charge is 2.50. The van der Waals surface area contributed by atoms with Gasteiger partial charge >= 0.3 is 12.1 Å². The maximum atomic E-state index is 14.5. The van der Waals surface area contributed by atoms with E-state index in [0.29, 0.717) is 70.7 Å². The van der Waals surface area contributed by atoms with Crippen molar-refractivity contribution in [3.8, 4) is 6.01 Å². The van der Waals surface area contributed by atoms with Crippen molar-refractivity contribution < 1.29 is 32.9 Å². The molecule has 250 valence electrons. The predicted octanol–water partition coefficient (Wildman–Crippen LogP) is 5.06. The molecule has 0 radical (unpaired) electrons. The fraction of sp³-hybridized carbons (Fsp3) is 0.676. The van der Waals surface area contributed by atoms with Gasteiger partial charge in [-0.25, -0.2) is 9.18 Å². The molecule has 0 saturated carbocycles. The van der Waals surface area contributed by atoms with Gasteiger partial charge in [0, 0.05) is 50.3 Å². The fourth-order valence-corrected chi connectivity index (χ4v) is 7.75. The van der Waals surface area contributed by atoms with Crippen LogP contribution in [-0.4, -0.2) is 90.9 Å². The zero-order valence-electron chi connectivity index (χ0n) is 27.4. The number of nitrogens with one attached hydrogen (secondary N) is 1. The van der Waals surface area contributed by atoms with Crippen LogP contribution in [0.3, 0.4) is 0 Å². The van der Waals surface area contributed by atoms with Crippen molar-refractivity contribution in [1.29, 1.82) is 0 Å². The van der Waals surface area contributed by atoms with Gasteiger partial charge < -0.3 is 28.6 Å². The molecule has 5 aliphatic heterocycles. The monoisotopic (exact) mass is 639 g/mol. The third kappa shape index (κ3) is 6.16. The number of aromatic nitrogens is 2. The average molecular weight is 640 g/mol. The van der Waals surface area contributed by atoms with Gasteiger partial charge in [-0.3, -0.25) is 10.2 Å². The second-order valence-corrected chi connectivity index (χ2v) is 14.4. The van der Waals surface area contributed by atoms with Gasteiger partial charge in [0.05, 0.1) is 37.2 Å². The Balaban J connectivity index is 1.22. The molecule has 12 heteroatoms. The van der Waals surface area contributed by atoms with E-state index in [0.717, 1.165) is 60.6 Å². The summed E-state index contributed by atoms with van der Waals surface area (Å²) >= 11 is 0. The minimum Gasteiger partial charge on any atom is -0.461 e. The molecule has 0 bridgehead atoms. The number of nitrogens with zero attached hydrogens (tertiary/aromatic N) is 4. The van der Waals surface area contributed by atoms with E-state index in [-0.39, 0.29) is 11.6 Å². The number of ether oxygens (including phenoxy) is 5. The zero-order valence-corrected chi connectivity index (χ0v) is 27.4. The normalized spacial score (nSPS) is 29.5. The third-order valence-electron chi connectivity index (χ3n) is 9.94. The Morgan fingerprint density at radius 3 is 2.89 bits per heavy atom. The van der Waals surface area contributed by atoms with Crippen LogP contribution in [0.5, 0.6) is 6.01 Å². The molecule has 11 nitrogen and oxygen atoms in total. The first-order valence-corrected chi connectivity index (χ1v) is 16.7. The van der Waals surface area contributed by atoms with Crippen molar-refractivity contribution in [2.75, 3.05) is 62.8 Å². The quantitative estimate of drug-likeness (QED) is 0.477. The summed E-state index contributed by atoms with van der Waals surface area (Å²) in [6.45, 7) is 12.7. The fourth-order valence-electron chi connectivity index (χ4n) is 7.75. The summed E-state index contributed by atoms with van der Waals surface area (Å²) in [5, 5.41) is 2.88. The molecule has 2 aromatic rings. The van der Waals surface area contributed by atoms with Crippen molar-refractivity contribution in [3.05, 3.63) is 40.6 Å². The largest absolute Gasteiger partial charge is 0.461 e. The van der Waals surface area contributed by atoms with Crippen LogP contribution in [0, 0.1) is 0 Å². The van der Waals surface area contributed by atoms with Gasteiger partial charge in [-0.15, -0.1) is 0 Å². The molecular weight excluding hydrogens is 593 g/mol. The van der Waals surface area contributed by atoms with Crippen LogP contribution in [0.15, 0.2) is 18.2 Å². The first-order chi connectivity index (χ1) is 22.0. The van der Waals surface area contributed by atoms with Gasteiger partial charge in [-0.05, 0) is 76.8 Å². The smallest absolute Gasteiger partial charge is 0.412 e. The molecule has 4 atom stereocenters. The Bertz CT molecular complexity index is 1460. The molecule has 1 amide bonds. The van der Waals surface area contributed by atoms with E-state index in [1.54, 1.807) is 0 Å². The summed E-state index contributed by atoms with van der Waals surface area (Å²) in [6.07, 6.45) is 2.29. The number of carbonyl (C=O) groups excluding carboxylic acids is 1. The minimum absolute atomic E-state index is 0.141. The number of rotatable bonds is 5. The molecule has 3 saturated heterocycles. The highest BCUT2D eigenvalue weighted by Crippen LogP contribution is 2.47. The van der Waals surface area contributed by atoms with Gasteiger partial charge in [0.2, 0.25) is 0 Å². The highest BCUT2D eigenvalue weighted by atomic mass is 19.1. The average Bonchev–Trinajstić information content (AvgIpc) is 3.38. The third-order valence-corrected chi connectivity index (χ3v) is 9.94. The number of anilines is 2. The second kappa shape index (κ2) is 12.2. The van der Waals surface area contributed by atoms with Crippen LogP contribution in [0.2, 0.25) is 0 Å². The van der Waals surface area contributed by atoms with Crippen molar-refractivity contribution >= 4 is 17.6 Å². The van der Waals surface area contributed by atoms with Crippen LogP contribution in [0.4, 0.5) is 20.7 Å². The molecule has 1 spiro atoms. The standard InChI is InChI=1S/C34H46FN5O6/c1-22-25-8-7-24(36-31(41)46-32(2,3)4)15-27(25)34(21-43-22)17-28-26(19-45-34)29(39-10-6-13-42-14-12-39)38-30(37-28)44-20-33-9-5-11-40(33)18-23(35)16-33/h7-8,15,22-23H,5-6,9-14,16-21H2,1-4H3,(H,36,41)/t22-,23+,33-,34+/m0/s1. The predicted molar refractivity (Wildman–Crippen MR) is 169 cm³/mol. The van der Waals surface area contributed by atoms with Crippen LogP contribution in [0.1, 0.15) is 81.9 Å². The number of hydrogen-bond donors (Lipinski definition) is 1.